The molecule has 0 aromatic heterocycles. The van der Waals surface area contributed by atoms with Gasteiger partial charge in [-0.25, -0.2) is 9.82 Å². The maximum absolute atomic E-state index is 12.7. The molecule has 0 fully saturated rings. The first kappa shape index (κ1) is 15.1. The molecule has 22 heavy (non-hydrogen) atoms. The van der Waals surface area contributed by atoms with E-state index in [1.54, 1.807) is 0 Å². The predicted molar refractivity (Wildman–Crippen MR) is 76.2 cm³/mol. The predicted octanol–water partition coefficient (Wildman–Crippen LogP) is 2.20. The Balaban J connectivity index is 2.06. The second-order valence-electron chi connectivity index (χ2n) is 4.21. The van der Waals surface area contributed by atoms with Crippen molar-refractivity contribution in [3.8, 4) is 5.75 Å². The third-order valence-electron chi connectivity index (χ3n) is 2.68. The highest BCUT2D eigenvalue weighted by Crippen LogP contribution is 2.25. The maximum Gasteiger partial charge on any atom is 0.311 e. The zero-order valence-electron chi connectivity index (χ0n) is 11.1. The summed E-state index contributed by atoms with van der Waals surface area (Å²) in [5.74, 6) is -1.47. The molecule has 0 aliphatic rings. The molecule has 112 valence electrons. The Bertz CT molecular complexity index is 744. The average molecular weight is 303 g/mol. The number of benzene rings is 2. The molecule has 2 N–H and O–H groups in total. The van der Waals surface area contributed by atoms with E-state index in [9.17, 15) is 24.4 Å². The molecule has 0 bridgehead atoms. The summed E-state index contributed by atoms with van der Waals surface area (Å²) in [6, 6.07) is 8.54. The molecule has 2 rings (SSSR count). The number of phenols is 1. The molecule has 0 unspecified atom stereocenters. The van der Waals surface area contributed by atoms with E-state index in [1.807, 2.05) is 0 Å². The quantitative estimate of drug-likeness (QED) is 0.513. The van der Waals surface area contributed by atoms with E-state index < -0.39 is 28.1 Å². The number of nitrogens with one attached hydrogen (secondary N) is 1. The zero-order valence-corrected chi connectivity index (χ0v) is 11.1. The molecule has 8 heteroatoms. The van der Waals surface area contributed by atoms with Gasteiger partial charge in [0.15, 0.2) is 5.75 Å². The van der Waals surface area contributed by atoms with Gasteiger partial charge in [0, 0.05) is 17.2 Å². The molecule has 0 aliphatic carbocycles. The lowest BCUT2D eigenvalue weighted by molar-refractivity contribution is -0.385. The Morgan fingerprint density at radius 2 is 1.95 bits per heavy atom. The minimum absolute atomic E-state index is 0.218. The lowest BCUT2D eigenvalue weighted by atomic mass is 10.2. The largest absolute Gasteiger partial charge is 0.502 e. The van der Waals surface area contributed by atoms with Crippen LogP contribution in [0.25, 0.3) is 0 Å². The second kappa shape index (κ2) is 6.44. The van der Waals surface area contributed by atoms with Crippen LogP contribution in [0.1, 0.15) is 15.9 Å². The van der Waals surface area contributed by atoms with Crippen LogP contribution in [0, 0.1) is 15.9 Å². The molecule has 2 aromatic rings. The molecule has 7 nitrogen and oxygen atoms in total. The van der Waals surface area contributed by atoms with Crippen LogP contribution < -0.4 is 5.43 Å². The summed E-state index contributed by atoms with van der Waals surface area (Å²) in [6.07, 6.45) is 1.19. The first-order valence-electron chi connectivity index (χ1n) is 6.04. The van der Waals surface area contributed by atoms with E-state index in [0.29, 0.717) is 5.56 Å². The molecule has 0 aliphatic heterocycles. The van der Waals surface area contributed by atoms with Gasteiger partial charge in [0.25, 0.3) is 5.91 Å². The normalized spacial score (nSPS) is 10.6. The van der Waals surface area contributed by atoms with E-state index in [1.165, 1.54) is 24.4 Å². The molecule has 0 heterocycles. The van der Waals surface area contributed by atoms with E-state index in [0.717, 1.165) is 24.3 Å². The van der Waals surface area contributed by atoms with Gasteiger partial charge in [-0.05, 0) is 36.4 Å². The van der Waals surface area contributed by atoms with Gasteiger partial charge in [-0.1, -0.05) is 0 Å². The molecule has 0 atom stereocenters. The second-order valence-corrected chi connectivity index (χ2v) is 4.21. The van der Waals surface area contributed by atoms with E-state index in [2.05, 4.69) is 10.5 Å². The number of aromatic hydroxyl groups is 1. The van der Waals surface area contributed by atoms with Gasteiger partial charge in [0.2, 0.25) is 0 Å². The Labute approximate surface area is 123 Å². The van der Waals surface area contributed by atoms with Crippen molar-refractivity contribution in [1.29, 1.82) is 0 Å². The molecule has 0 radical (unpaired) electrons. The molecule has 2 aromatic carbocycles. The van der Waals surface area contributed by atoms with Crippen molar-refractivity contribution in [2.75, 3.05) is 0 Å². The summed E-state index contributed by atoms with van der Waals surface area (Å²) >= 11 is 0. The van der Waals surface area contributed by atoms with Crippen molar-refractivity contribution in [3.05, 3.63) is 69.5 Å². The van der Waals surface area contributed by atoms with Gasteiger partial charge >= 0.3 is 5.69 Å². The first-order chi connectivity index (χ1) is 10.5. The highest BCUT2D eigenvalue weighted by molar-refractivity contribution is 5.94. The van der Waals surface area contributed by atoms with Crippen molar-refractivity contribution in [2.24, 2.45) is 5.10 Å². The van der Waals surface area contributed by atoms with Crippen LogP contribution in [0.3, 0.4) is 0 Å². The van der Waals surface area contributed by atoms with Gasteiger partial charge in [0.1, 0.15) is 5.82 Å². The Hall–Kier alpha value is -3.29. The van der Waals surface area contributed by atoms with Crippen molar-refractivity contribution in [2.45, 2.75) is 0 Å². The van der Waals surface area contributed by atoms with Crippen molar-refractivity contribution in [3.63, 3.8) is 0 Å². The number of nitro benzene ring substituents is 1. The van der Waals surface area contributed by atoms with Crippen LogP contribution in [-0.2, 0) is 0 Å². The number of hydrazone groups is 1. The number of nitrogens with zero attached hydrogens (tertiary/aromatic N) is 2. The lowest BCUT2D eigenvalue weighted by Crippen LogP contribution is -2.17. The van der Waals surface area contributed by atoms with Crippen molar-refractivity contribution in [1.82, 2.24) is 5.43 Å². The third kappa shape index (κ3) is 3.63. The number of carbonyl (C=O) groups excluding carboxylic acids is 1. The van der Waals surface area contributed by atoms with Gasteiger partial charge in [-0.2, -0.15) is 5.10 Å². The molecule has 0 saturated heterocycles. The summed E-state index contributed by atoms with van der Waals surface area (Å²) in [6.45, 7) is 0. The zero-order chi connectivity index (χ0) is 16.1. The molecule has 0 spiro atoms. The fraction of sp³-hybridized carbons (Fsp3) is 0. The van der Waals surface area contributed by atoms with Gasteiger partial charge in [-0.3, -0.25) is 14.9 Å². The lowest BCUT2D eigenvalue weighted by Gasteiger charge is -2.00. The van der Waals surface area contributed by atoms with Crippen molar-refractivity contribution < 1.29 is 19.2 Å². The topological polar surface area (TPSA) is 105 Å². The number of carbonyl (C=O) groups is 1. The number of hydrogen-bond donors (Lipinski definition) is 2. The molecule has 0 saturated carbocycles. The highest BCUT2D eigenvalue weighted by Gasteiger charge is 2.12. The summed E-state index contributed by atoms with van der Waals surface area (Å²) < 4.78 is 12.7. The van der Waals surface area contributed by atoms with Gasteiger partial charge in [-0.15, -0.1) is 0 Å². The van der Waals surface area contributed by atoms with E-state index in [4.69, 9.17) is 0 Å². The molecular weight excluding hydrogens is 293 g/mol. The van der Waals surface area contributed by atoms with Crippen molar-refractivity contribution >= 4 is 17.8 Å². The fourth-order valence-corrected chi connectivity index (χ4v) is 1.60. The van der Waals surface area contributed by atoms with Crippen LogP contribution >= 0.6 is 0 Å². The Morgan fingerprint density at radius 3 is 2.59 bits per heavy atom. The monoisotopic (exact) mass is 303 g/mol. The number of nitro groups is 1. The summed E-state index contributed by atoms with van der Waals surface area (Å²) in [4.78, 5) is 21.6. The van der Waals surface area contributed by atoms with E-state index >= 15 is 0 Å². The number of amides is 1. The van der Waals surface area contributed by atoms with Gasteiger partial charge < -0.3 is 5.11 Å². The number of rotatable bonds is 4. The Kier molecular flexibility index (Phi) is 4.42. The first-order valence-corrected chi connectivity index (χ1v) is 6.04. The summed E-state index contributed by atoms with van der Waals surface area (Å²) in [5, 5.41) is 23.6. The minimum atomic E-state index is -0.732. The minimum Gasteiger partial charge on any atom is -0.502 e. The van der Waals surface area contributed by atoms with Crippen LogP contribution in [0.4, 0.5) is 10.1 Å². The fourth-order valence-electron chi connectivity index (χ4n) is 1.60. The van der Waals surface area contributed by atoms with Gasteiger partial charge in [0.05, 0.1) is 11.1 Å². The third-order valence-corrected chi connectivity index (χ3v) is 2.68. The van der Waals surface area contributed by atoms with Crippen LogP contribution in [0.5, 0.6) is 5.75 Å². The van der Waals surface area contributed by atoms with E-state index in [-0.39, 0.29) is 5.56 Å². The number of phenolic OH excluding ortho intramolecular Hbond substituents is 1. The van der Waals surface area contributed by atoms with Crippen LogP contribution in [0.15, 0.2) is 47.6 Å². The smallest absolute Gasteiger partial charge is 0.311 e. The Morgan fingerprint density at radius 1 is 1.27 bits per heavy atom. The van der Waals surface area contributed by atoms with Crippen LogP contribution in [-0.4, -0.2) is 22.2 Å². The summed E-state index contributed by atoms with van der Waals surface area (Å²) in [7, 11) is 0. The SMILES string of the molecule is O=C(N/N=C/c1ccc(O)c([N+](=O)[O-])c1)c1ccc(F)cc1. The van der Waals surface area contributed by atoms with Crippen LogP contribution in [0.2, 0.25) is 0 Å². The highest BCUT2D eigenvalue weighted by atomic mass is 19.1. The number of halogens is 1. The maximum atomic E-state index is 12.7. The molecular formula is C14H10FN3O4. The average Bonchev–Trinajstić information content (AvgIpc) is 2.49. The standard InChI is InChI=1S/C14H10FN3O4/c15-11-4-2-10(3-5-11)14(20)17-16-8-9-1-6-13(19)12(7-9)18(21)22/h1-8,19H,(H,17,20)/b16-8+. The number of hydrogen-bond acceptors (Lipinski definition) is 5. The summed E-state index contributed by atoms with van der Waals surface area (Å²) in [5.41, 5.74) is 2.28. The molecule has 1 amide bonds.